The number of nitro benzene ring substituents is 1. The number of nitrogens with zero attached hydrogens (tertiary/aromatic N) is 1. The molecule has 2 N–H and O–H groups in total. The van der Waals surface area contributed by atoms with Crippen molar-refractivity contribution in [3.63, 3.8) is 0 Å². The SMILES string of the molecule is COc1ccc([N+](=O)[O-])c(C2(CN)CC(F)(F)C2)c1. The Kier molecular flexibility index (Phi) is 3.17. The van der Waals surface area contributed by atoms with E-state index in [1.165, 1.54) is 25.3 Å². The van der Waals surface area contributed by atoms with Crippen LogP contribution in [0, 0.1) is 10.1 Å². The lowest BCUT2D eigenvalue weighted by Crippen LogP contribution is -2.53. The summed E-state index contributed by atoms with van der Waals surface area (Å²) in [5.41, 5.74) is 4.58. The minimum Gasteiger partial charge on any atom is -0.497 e. The maximum atomic E-state index is 13.2. The maximum absolute atomic E-state index is 13.2. The van der Waals surface area contributed by atoms with Crippen molar-refractivity contribution < 1.29 is 18.4 Å². The monoisotopic (exact) mass is 272 g/mol. The van der Waals surface area contributed by atoms with Gasteiger partial charge < -0.3 is 10.5 Å². The predicted octanol–water partition coefficient (Wildman–Crippen LogP) is 2.23. The zero-order valence-corrected chi connectivity index (χ0v) is 10.4. The van der Waals surface area contributed by atoms with E-state index in [1.54, 1.807) is 0 Å². The lowest BCUT2D eigenvalue weighted by molar-refractivity contribution is -0.386. The fraction of sp³-hybridized carbons (Fsp3) is 0.500. The van der Waals surface area contributed by atoms with Crippen molar-refractivity contribution >= 4 is 5.69 Å². The van der Waals surface area contributed by atoms with Crippen LogP contribution in [0.1, 0.15) is 18.4 Å². The number of halogens is 2. The number of rotatable bonds is 4. The average Bonchev–Trinajstić information content (AvgIpc) is 2.34. The Morgan fingerprint density at radius 2 is 2.11 bits per heavy atom. The van der Waals surface area contributed by atoms with Crippen LogP contribution in [-0.2, 0) is 5.41 Å². The van der Waals surface area contributed by atoms with E-state index in [4.69, 9.17) is 10.5 Å². The number of benzene rings is 1. The van der Waals surface area contributed by atoms with Crippen LogP contribution >= 0.6 is 0 Å². The van der Waals surface area contributed by atoms with Crippen LogP contribution in [0.4, 0.5) is 14.5 Å². The van der Waals surface area contributed by atoms with Gasteiger partial charge in [-0.25, -0.2) is 8.78 Å². The lowest BCUT2D eigenvalue weighted by atomic mass is 9.61. The molecule has 1 aliphatic carbocycles. The van der Waals surface area contributed by atoms with E-state index < -0.39 is 29.1 Å². The van der Waals surface area contributed by atoms with Gasteiger partial charge in [0.1, 0.15) is 5.75 Å². The number of ether oxygens (including phenoxy) is 1. The molecule has 0 unspecified atom stereocenters. The highest BCUT2D eigenvalue weighted by molar-refractivity contribution is 5.51. The van der Waals surface area contributed by atoms with Crippen molar-refractivity contribution in [3.8, 4) is 5.75 Å². The van der Waals surface area contributed by atoms with Gasteiger partial charge in [0.15, 0.2) is 0 Å². The van der Waals surface area contributed by atoms with Crippen molar-refractivity contribution in [3.05, 3.63) is 33.9 Å². The molecule has 0 saturated heterocycles. The van der Waals surface area contributed by atoms with E-state index >= 15 is 0 Å². The minimum atomic E-state index is -2.81. The highest BCUT2D eigenvalue weighted by Gasteiger charge is 2.58. The molecule has 0 aliphatic heterocycles. The number of methoxy groups -OCH3 is 1. The Balaban J connectivity index is 2.50. The van der Waals surface area contributed by atoms with Crippen LogP contribution in [0.5, 0.6) is 5.75 Å². The number of alkyl halides is 2. The van der Waals surface area contributed by atoms with E-state index in [1.807, 2.05) is 0 Å². The van der Waals surface area contributed by atoms with Crippen molar-refractivity contribution in [1.29, 1.82) is 0 Å². The second-order valence-electron chi connectivity index (χ2n) is 4.83. The fourth-order valence-electron chi connectivity index (χ4n) is 2.61. The van der Waals surface area contributed by atoms with Crippen molar-refractivity contribution in [1.82, 2.24) is 0 Å². The van der Waals surface area contributed by atoms with Crippen LogP contribution in [-0.4, -0.2) is 24.5 Å². The molecule has 0 aromatic heterocycles. The molecule has 0 heterocycles. The average molecular weight is 272 g/mol. The topological polar surface area (TPSA) is 78.4 Å². The number of nitro groups is 1. The molecule has 2 rings (SSSR count). The quantitative estimate of drug-likeness (QED) is 0.673. The van der Waals surface area contributed by atoms with Crippen LogP contribution < -0.4 is 10.5 Å². The van der Waals surface area contributed by atoms with Crippen LogP contribution in [0.25, 0.3) is 0 Å². The summed E-state index contributed by atoms with van der Waals surface area (Å²) in [6.45, 7) is -0.0589. The van der Waals surface area contributed by atoms with E-state index in [9.17, 15) is 18.9 Å². The van der Waals surface area contributed by atoms with E-state index in [0.29, 0.717) is 5.75 Å². The molecule has 0 amide bonds. The summed E-state index contributed by atoms with van der Waals surface area (Å²) in [6, 6.07) is 4.13. The lowest BCUT2D eigenvalue weighted by Gasteiger charge is -2.46. The van der Waals surface area contributed by atoms with Crippen LogP contribution in [0.15, 0.2) is 18.2 Å². The zero-order chi connectivity index (χ0) is 14.3. The first-order chi connectivity index (χ1) is 8.83. The van der Waals surface area contributed by atoms with Gasteiger partial charge in [0.25, 0.3) is 5.69 Å². The third kappa shape index (κ3) is 2.25. The molecule has 1 aromatic carbocycles. The number of hydrogen-bond donors (Lipinski definition) is 1. The van der Waals surface area contributed by atoms with E-state index in [0.717, 1.165) is 0 Å². The van der Waals surface area contributed by atoms with Gasteiger partial charge in [-0.3, -0.25) is 10.1 Å². The van der Waals surface area contributed by atoms with Gasteiger partial charge in [0.05, 0.1) is 12.0 Å². The summed E-state index contributed by atoms with van der Waals surface area (Å²) in [6.07, 6.45) is -0.936. The molecular weight excluding hydrogens is 258 g/mol. The summed E-state index contributed by atoms with van der Waals surface area (Å²) < 4.78 is 31.3. The first kappa shape index (κ1) is 13.7. The number of nitrogens with two attached hydrogens (primary N) is 1. The molecule has 0 bridgehead atoms. The summed E-state index contributed by atoms with van der Waals surface area (Å²) in [5, 5.41) is 11.0. The van der Waals surface area contributed by atoms with Gasteiger partial charge in [-0.1, -0.05) is 0 Å². The van der Waals surface area contributed by atoms with E-state index in [2.05, 4.69) is 0 Å². The van der Waals surface area contributed by atoms with Gasteiger partial charge >= 0.3 is 0 Å². The Bertz CT molecular complexity index is 512. The third-order valence-electron chi connectivity index (χ3n) is 3.56. The zero-order valence-electron chi connectivity index (χ0n) is 10.4. The van der Waals surface area contributed by atoms with Gasteiger partial charge in [0.2, 0.25) is 5.92 Å². The first-order valence-corrected chi connectivity index (χ1v) is 5.74. The Labute approximate surface area is 108 Å². The summed E-state index contributed by atoms with van der Waals surface area (Å²) >= 11 is 0. The van der Waals surface area contributed by atoms with Crippen molar-refractivity contribution in [2.24, 2.45) is 5.73 Å². The summed E-state index contributed by atoms with van der Waals surface area (Å²) in [4.78, 5) is 10.4. The first-order valence-electron chi connectivity index (χ1n) is 5.74. The predicted molar refractivity (Wildman–Crippen MR) is 64.6 cm³/mol. The normalized spacial score (nSPS) is 19.6. The van der Waals surface area contributed by atoms with Gasteiger partial charge in [-0.05, 0) is 12.1 Å². The molecule has 7 heteroatoms. The smallest absolute Gasteiger partial charge is 0.273 e. The van der Waals surface area contributed by atoms with Crippen molar-refractivity contribution in [2.75, 3.05) is 13.7 Å². The molecule has 104 valence electrons. The van der Waals surface area contributed by atoms with Gasteiger partial charge in [-0.2, -0.15) is 0 Å². The fourth-order valence-corrected chi connectivity index (χ4v) is 2.61. The van der Waals surface area contributed by atoms with Crippen LogP contribution in [0.2, 0.25) is 0 Å². The third-order valence-corrected chi connectivity index (χ3v) is 3.56. The molecule has 1 aromatic rings. The molecule has 1 aliphatic rings. The van der Waals surface area contributed by atoms with Gasteiger partial charge in [0, 0.05) is 36.4 Å². The highest BCUT2D eigenvalue weighted by atomic mass is 19.3. The highest BCUT2D eigenvalue weighted by Crippen LogP contribution is 2.55. The largest absolute Gasteiger partial charge is 0.497 e. The van der Waals surface area contributed by atoms with Gasteiger partial charge in [-0.15, -0.1) is 0 Å². The van der Waals surface area contributed by atoms with E-state index in [-0.39, 0.29) is 17.8 Å². The Morgan fingerprint density at radius 3 is 2.53 bits per heavy atom. The maximum Gasteiger partial charge on any atom is 0.273 e. The Morgan fingerprint density at radius 1 is 1.47 bits per heavy atom. The standard InChI is InChI=1S/C12H14F2N2O3/c1-19-8-2-3-10(16(17)18)9(4-8)11(7-15)5-12(13,14)6-11/h2-4H,5-7,15H2,1H3. The molecular formula is C12H14F2N2O3. The van der Waals surface area contributed by atoms with Crippen molar-refractivity contribution in [2.45, 2.75) is 24.2 Å². The molecule has 0 spiro atoms. The molecule has 1 saturated carbocycles. The summed E-state index contributed by atoms with van der Waals surface area (Å²) in [7, 11) is 1.41. The molecule has 0 radical (unpaired) electrons. The summed E-state index contributed by atoms with van der Waals surface area (Å²) in [5.74, 6) is -2.42. The molecule has 19 heavy (non-hydrogen) atoms. The minimum absolute atomic E-state index is 0.0589. The Hall–Kier alpha value is -1.76. The number of hydrogen-bond acceptors (Lipinski definition) is 4. The molecule has 5 nitrogen and oxygen atoms in total. The van der Waals surface area contributed by atoms with Crippen LogP contribution in [0.3, 0.4) is 0 Å². The molecule has 1 fully saturated rings. The molecule has 0 atom stereocenters. The second kappa shape index (κ2) is 4.41. The second-order valence-corrected chi connectivity index (χ2v) is 4.83.